The molecule has 0 spiro atoms. The minimum Gasteiger partial charge on any atom is -0.497 e. The first-order valence-corrected chi connectivity index (χ1v) is 7.12. The molecule has 1 unspecified atom stereocenters. The number of aryl methyl sites for hydroxylation is 1. The van der Waals surface area contributed by atoms with E-state index in [1.807, 2.05) is 31.2 Å². The maximum atomic E-state index is 11.7. The van der Waals surface area contributed by atoms with Gasteiger partial charge in [-0.25, -0.2) is 0 Å². The molecule has 0 saturated carbocycles. The molecule has 1 amide bonds. The molecule has 0 aliphatic carbocycles. The van der Waals surface area contributed by atoms with Gasteiger partial charge in [-0.05, 0) is 36.5 Å². The Morgan fingerprint density at radius 2 is 1.90 bits per heavy atom. The number of amides is 1. The number of nitrogens with one attached hydrogen (secondary N) is 1. The number of methoxy groups -OCH3 is 1. The first-order valence-electron chi connectivity index (χ1n) is 7.12. The molecular weight excluding hydrogens is 270 g/mol. The maximum absolute atomic E-state index is 11.7. The fourth-order valence-corrected chi connectivity index (χ4v) is 1.90. The summed E-state index contributed by atoms with van der Waals surface area (Å²) in [7, 11) is 1.62. The highest BCUT2D eigenvalue weighted by molar-refractivity contribution is 5.76. The van der Waals surface area contributed by atoms with Crippen LogP contribution in [0.2, 0.25) is 0 Å². The predicted octanol–water partition coefficient (Wildman–Crippen LogP) is 2.24. The Bertz CT molecular complexity index is 456. The van der Waals surface area contributed by atoms with Gasteiger partial charge in [0.2, 0.25) is 5.91 Å². The van der Waals surface area contributed by atoms with Gasteiger partial charge in [-0.3, -0.25) is 9.59 Å². The molecule has 5 heteroatoms. The Labute approximate surface area is 125 Å². The molecule has 0 heterocycles. The molecular formula is C16H23NO4. The van der Waals surface area contributed by atoms with Crippen molar-refractivity contribution in [2.24, 2.45) is 5.92 Å². The van der Waals surface area contributed by atoms with E-state index in [-0.39, 0.29) is 18.2 Å². The molecule has 0 saturated heterocycles. The van der Waals surface area contributed by atoms with Crippen molar-refractivity contribution in [2.45, 2.75) is 32.6 Å². The van der Waals surface area contributed by atoms with E-state index in [1.54, 1.807) is 7.11 Å². The van der Waals surface area contributed by atoms with Gasteiger partial charge in [-0.1, -0.05) is 19.1 Å². The smallest absolute Gasteiger partial charge is 0.303 e. The van der Waals surface area contributed by atoms with E-state index in [0.717, 1.165) is 11.3 Å². The lowest BCUT2D eigenvalue weighted by Crippen LogP contribution is -2.28. The average Bonchev–Trinajstić information content (AvgIpc) is 2.49. The fourth-order valence-electron chi connectivity index (χ4n) is 1.90. The van der Waals surface area contributed by atoms with Gasteiger partial charge in [0.1, 0.15) is 5.75 Å². The molecule has 2 N–H and O–H groups in total. The summed E-state index contributed by atoms with van der Waals surface area (Å²) in [6.45, 7) is 2.46. The first-order chi connectivity index (χ1) is 10.0. The van der Waals surface area contributed by atoms with Crippen LogP contribution >= 0.6 is 0 Å². The van der Waals surface area contributed by atoms with Crippen LogP contribution in [-0.2, 0) is 16.0 Å². The SMILES string of the molecule is COc1ccc(CCC(=O)NCC(C)CCC(=O)O)cc1. The number of hydrogen-bond acceptors (Lipinski definition) is 3. The van der Waals surface area contributed by atoms with E-state index in [9.17, 15) is 9.59 Å². The van der Waals surface area contributed by atoms with Gasteiger partial charge in [-0.2, -0.15) is 0 Å². The molecule has 1 aromatic carbocycles. The predicted molar refractivity (Wildman–Crippen MR) is 80.4 cm³/mol. The van der Waals surface area contributed by atoms with Crippen molar-refractivity contribution in [3.8, 4) is 5.75 Å². The molecule has 0 aliphatic rings. The van der Waals surface area contributed by atoms with Crippen molar-refractivity contribution in [3.05, 3.63) is 29.8 Å². The van der Waals surface area contributed by atoms with Crippen molar-refractivity contribution < 1.29 is 19.4 Å². The molecule has 0 fully saturated rings. The second kappa shape index (κ2) is 9.00. The zero-order valence-corrected chi connectivity index (χ0v) is 12.6. The number of carbonyl (C=O) groups excluding carboxylic acids is 1. The minimum absolute atomic E-state index is 0.00649. The van der Waals surface area contributed by atoms with Crippen LogP contribution in [-0.4, -0.2) is 30.6 Å². The van der Waals surface area contributed by atoms with E-state index in [2.05, 4.69) is 5.32 Å². The molecule has 1 rings (SSSR count). The lowest BCUT2D eigenvalue weighted by atomic mass is 10.1. The van der Waals surface area contributed by atoms with Gasteiger partial charge in [0.15, 0.2) is 0 Å². The van der Waals surface area contributed by atoms with Crippen molar-refractivity contribution >= 4 is 11.9 Å². The van der Waals surface area contributed by atoms with Crippen molar-refractivity contribution in [3.63, 3.8) is 0 Å². The number of hydrogen-bond donors (Lipinski definition) is 2. The third-order valence-electron chi connectivity index (χ3n) is 3.30. The number of rotatable bonds is 9. The van der Waals surface area contributed by atoms with Gasteiger partial charge in [0.25, 0.3) is 0 Å². The van der Waals surface area contributed by atoms with Crippen molar-refractivity contribution in [1.82, 2.24) is 5.32 Å². The summed E-state index contributed by atoms with van der Waals surface area (Å²) < 4.78 is 5.08. The fraction of sp³-hybridized carbons (Fsp3) is 0.500. The lowest BCUT2D eigenvalue weighted by molar-refractivity contribution is -0.137. The Kier molecular flexibility index (Phi) is 7.29. The summed E-state index contributed by atoms with van der Waals surface area (Å²) in [5, 5.41) is 11.4. The van der Waals surface area contributed by atoms with Gasteiger partial charge < -0.3 is 15.2 Å². The van der Waals surface area contributed by atoms with E-state index in [1.165, 1.54) is 0 Å². The van der Waals surface area contributed by atoms with E-state index >= 15 is 0 Å². The highest BCUT2D eigenvalue weighted by atomic mass is 16.5. The second-order valence-electron chi connectivity index (χ2n) is 5.19. The van der Waals surface area contributed by atoms with Crippen LogP contribution in [0.15, 0.2) is 24.3 Å². The van der Waals surface area contributed by atoms with Gasteiger partial charge in [0.05, 0.1) is 7.11 Å². The Morgan fingerprint density at radius 1 is 1.24 bits per heavy atom. The van der Waals surface area contributed by atoms with Crippen LogP contribution in [0.1, 0.15) is 31.7 Å². The molecule has 0 radical (unpaired) electrons. The van der Waals surface area contributed by atoms with Gasteiger partial charge >= 0.3 is 5.97 Å². The van der Waals surface area contributed by atoms with Crippen LogP contribution in [0.5, 0.6) is 5.75 Å². The lowest BCUT2D eigenvalue weighted by Gasteiger charge is -2.11. The monoisotopic (exact) mass is 293 g/mol. The van der Waals surface area contributed by atoms with Crippen LogP contribution in [0.4, 0.5) is 0 Å². The van der Waals surface area contributed by atoms with E-state index in [4.69, 9.17) is 9.84 Å². The summed E-state index contributed by atoms with van der Waals surface area (Å²) in [5.41, 5.74) is 1.09. The number of carbonyl (C=O) groups is 2. The summed E-state index contributed by atoms with van der Waals surface area (Å²) >= 11 is 0. The third-order valence-corrected chi connectivity index (χ3v) is 3.30. The molecule has 0 aliphatic heterocycles. The topological polar surface area (TPSA) is 75.6 Å². The van der Waals surface area contributed by atoms with Gasteiger partial charge in [0, 0.05) is 19.4 Å². The zero-order valence-electron chi connectivity index (χ0n) is 12.6. The highest BCUT2D eigenvalue weighted by Crippen LogP contribution is 2.12. The van der Waals surface area contributed by atoms with Crippen LogP contribution in [0.3, 0.4) is 0 Å². The average molecular weight is 293 g/mol. The largest absolute Gasteiger partial charge is 0.497 e. The third kappa shape index (κ3) is 7.34. The zero-order chi connectivity index (χ0) is 15.7. The number of carboxylic acid groups (broad SMARTS) is 1. The van der Waals surface area contributed by atoms with Crippen LogP contribution < -0.4 is 10.1 Å². The Morgan fingerprint density at radius 3 is 2.48 bits per heavy atom. The first kappa shape index (κ1) is 17.0. The maximum Gasteiger partial charge on any atom is 0.303 e. The number of benzene rings is 1. The van der Waals surface area contributed by atoms with Crippen LogP contribution in [0, 0.1) is 5.92 Å². The highest BCUT2D eigenvalue weighted by Gasteiger charge is 2.08. The number of carboxylic acids is 1. The van der Waals surface area contributed by atoms with E-state index < -0.39 is 5.97 Å². The number of aliphatic carboxylic acids is 1. The molecule has 116 valence electrons. The molecule has 1 aromatic rings. The molecule has 0 bridgehead atoms. The Hall–Kier alpha value is -2.04. The minimum atomic E-state index is -0.798. The summed E-state index contributed by atoms with van der Waals surface area (Å²) in [6, 6.07) is 7.64. The van der Waals surface area contributed by atoms with Crippen LogP contribution in [0.25, 0.3) is 0 Å². The second-order valence-corrected chi connectivity index (χ2v) is 5.19. The normalized spacial score (nSPS) is 11.7. The van der Waals surface area contributed by atoms with Crippen molar-refractivity contribution in [1.29, 1.82) is 0 Å². The van der Waals surface area contributed by atoms with Gasteiger partial charge in [-0.15, -0.1) is 0 Å². The quantitative estimate of drug-likeness (QED) is 0.732. The molecule has 21 heavy (non-hydrogen) atoms. The Balaban J connectivity index is 2.22. The summed E-state index contributed by atoms with van der Waals surface area (Å²) in [4.78, 5) is 22.2. The summed E-state index contributed by atoms with van der Waals surface area (Å²) in [6.07, 6.45) is 1.83. The number of ether oxygens (including phenoxy) is 1. The molecule has 1 atom stereocenters. The standard InChI is InChI=1S/C16H23NO4/c1-12(3-10-16(19)20)11-17-15(18)9-6-13-4-7-14(21-2)8-5-13/h4-5,7-8,12H,3,6,9-11H2,1-2H3,(H,17,18)(H,19,20). The molecule has 5 nitrogen and oxygen atoms in total. The van der Waals surface area contributed by atoms with E-state index in [0.29, 0.717) is 25.8 Å². The van der Waals surface area contributed by atoms with Crippen molar-refractivity contribution in [2.75, 3.05) is 13.7 Å². The molecule has 0 aromatic heterocycles. The summed E-state index contributed by atoms with van der Waals surface area (Å²) in [5.74, 6) is 0.169.